The van der Waals surface area contributed by atoms with Gasteiger partial charge in [0.05, 0.1) is 12.4 Å². The number of ether oxygens (including phenoxy) is 2. The van der Waals surface area contributed by atoms with Crippen LogP contribution in [0, 0.1) is 29.1 Å². The molecule has 1 aromatic carbocycles. The zero-order valence-corrected chi connectivity index (χ0v) is 22.1. The van der Waals surface area contributed by atoms with E-state index in [1.807, 2.05) is 6.92 Å². The van der Waals surface area contributed by atoms with Crippen molar-refractivity contribution in [3.63, 3.8) is 0 Å². The summed E-state index contributed by atoms with van der Waals surface area (Å²) in [6.07, 6.45) is 18.0. The SMILES string of the molecule is CC(C)CC(C1CC=C(OC(C)OCC2c3ccccc3C=C3C=CC=CC32)CC1)C(C)(C)C. The van der Waals surface area contributed by atoms with E-state index in [9.17, 15) is 0 Å². The molecule has 0 saturated carbocycles. The Balaban J connectivity index is 1.35. The molecule has 2 nitrogen and oxygen atoms in total. The molecule has 0 aromatic heterocycles. The molecule has 0 amide bonds. The van der Waals surface area contributed by atoms with Crippen molar-refractivity contribution in [2.24, 2.45) is 29.1 Å². The molecule has 1 aromatic rings. The molecule has 0 saturated heterocycles. The monoisotopic (exact) mass is 460 g/mol. The minimum atomic E-state index is -0.235. The van der Waals surface area contributed by atoms with E-state index in [1.165, 1.54) is 29.5 Å². The summed E-state index contributed by atoms with van der Waals surface area (Å²) in [5, 5.41) is 0. The second-order valence-corrected chi connectivity index (χ2v) is 12.0. The molecule has 5 unspecified atom stereocenters. The predicted molar refractivity (Wildman–Crippen MR) is 143 cm³/mol. The summed E-state index contributed by atoms with van der Waals surface area (Å²) < 4.78 is 12.6. The highest BCUT2D eigenvalue weighted by molar-refractivity contribution is 5.66. The zero-order chi connectivity index (χ0) is 24.3. The average Bonchev–Trinajstić information content (AvgIpc) is 2.80. The summed E-state index contributed by atoms with van der Waals surface area (Å²) in [5.74, 6) is 4.06. The van der Waals surface area contributed by atoms with Gasteiger partial charge in [-0.05, 0) is 72.1 Å². The summed E-state index contributed by atoms with van der Waals surface area (Å²) >= 11 is 0. The maximum absolute atomic E-state index is 6.32. The first-order valence-corrected chi connectivity index (χ1v) is 13.3. The van der Waals surface area contributed by atoms with Gasteiger partial charge in [-0.15, -0.1) is 0 Å². The largest absolute Gasteiger partial charge is 0.470 e. The fraction of sp³-hybridized carbons (Fsp3) is 0.562. The summed E-state index contributed by atoms with van der Waals surface area (Å²) in [6, 6.07) is 8.72. The molecular formula is C32H44O2. The molecule has 184 valence electrons. The summed E-state index contributed by atoms with van der Waals surface area (Å²) in [7, 11) is 0. The molecule has 4 rings (SSSR count). The van der Waals surface area contributed by atoms with Crippen molar-refractivity contribution in [1.82, 2.24) is 0 Å². The van der Waals surface area contributed by atoms with Gasteiger partial charge in [0.25, 0.3) is 0 Å². The van der Waals surface area contributed by atoms with Crippen LogP contribution in [0.15, 0.2) is 66.0 Å². The predicted octanol–water partition coefficient (Wildman–Crippen LogP) is 8.68. The van der Waals surface area contributed by atoms with E-state index < -0.39 is 0 Å². The molecule has 3 aliphatic rings. The lowest BCUT2D eigenvalue weighted by Gasteiger charge is -2.40. The van der Waals surface area contributed by atoms with E-state index >= 15 is 0 Å². The lowest BCUT2D eigenvalue weighted by atomic mass is 9.66. The second kappa shape index (κ2) is 10.7. The first-order chi connectivity index (χ1) is 16.2. The normalized spacial score (nSPS) is 25.8. The highest BCUT2D eigenvalue weighted by Crippen LogP contribution is 2.44. The van der Waals surface area contributed by atoms with Crippen LogP contribution in [0.1, 0.15) is 84.3 Å². The van der Waals surface area contributed by atoms with Crippen molar-refractivity contribution in [3.05, 3.63) is 77.1 Å². The van der Waals surface area contributed by atoms with E-state index in [-0.39, 0.29) is 6.29 Å². The topological polar surface area (TPSA) is 18.5 Å². The molecule has 5 atom stereocenters. The average molecular weight is 461 g/mol. The van der Waals surface area contributed by atoms with Gasteiger partial charge in [-0.2, -0.15) is 0 Å². The lowest BCUT2D eigenvalue weighted by Crippen LogP contribution is -2.31. The Morgan fingerprint density at radius 2 is 1.85 bits per heavy atom. The molecule has 0 spiro atoms. The van der Waals surface area contributed by atoms with Crippen LogP contribution in [-0.4, -0.2) is 12.9 Å². The van der Waals surface area contributed by atoms with Gasteiger partial charge in [-0.25, -0.2) is 0 Å². The lowest BCUT2D eigenvalue weighted by molar-refractivity contribution is -0.112. The number of hydrogen-bond acceptors (Lipinski definition) is 2. The third-order valence-electron chi connectivity index (χ3n) is 7.90. The van der Waals surface area contributed by atoms with Crippen LogP contribution in [-0.2, 0) is 9.47 Å². The van der Waals surface area contributed by atoms with Crippen LogP contribution in [0.5, 0.6) is 0 Å². The fourth-order valence-corrected chi connectivity index (χ4v) is 6.18. The van der Waals surface area contributed by atoms with Crippen molar-refractivity contribution >= 4 is 6.08 Å². The van der Waals surface area contributed by atoms with Crippen molar-refractivity contribution in [1.29, 1.82) is 0 Å². The number of allylic oxidation sites excluding steroid dienone is 7. The summed E-state index contributed by atoms with van der Waals surface area (Å²) in [5.41, 5.74) is 4.41. The van der Waals surface area contributed by atoms with Gasteiger partial charge in [0.2, 0.25) is 0 Å². The molecule has 0 aliphatic heterocycles. The molecule has 3 aliphatic carbocycles. The van der Waals surface area contributed by atoms with Gasteiger partial charge >= 0.3 is 0 Å². The van der Waals surface area contributed by atoms with E-state index in [4.69, 9.17) is 9.47 Å². The Morgan fingerprint density at radius 3 is 2.56 bits per heavy atom. The molecule has 34 heavy (non-hydrogen) atoms. The van der Waals surface area contributed by atoms with E-state index in [1.54, 1.807) is 0 Å². The Labute approximate surface area is 207 Å². The first kappa shape index (κ1) is 25.0. The van der Waals surface area contributed by atoms with Gasteiger partial charge in [-0.3, -0.25) is 0 Å². The van der Waals surface area contributed by atoms with E-state index in [2.05, 4.69) is 95.3 Å². The number of rotatable bonds is 8. The molecule has 2 heteroatoms. The van der Waals surface area contributed by atoms with Crippen molar-refractivity contribution in [2.75, 3.05) is 6.61 Å². The highest BCUT2D eigenvalue weighted by atomic mass is 16.7. The second-order valence-electron chi connectivity index (χ2n) is 12.0. The highest BCUT2D eigenvalue weighted by Gasteiger charge is 2.34. The maximum atomic E-state index is 6.32. The molecule has 0 fully saturated rings. The van der Waals surface area contributed by atoms with Crippen LogP contribution < -0.4 is 0 Å². The molecular weight excluding hydrogens is 416 g/mol. The van der Waals surface area contributed by atoms with Crippen molar-refractivity contribution in [3.8, 4) is 0 Å². The smallest absolute Gasteiger partial charge is 0.196 e. The van der Waals surface area contributed by atoms with Crippen LogP contribution >= 0.6 is 0 Å². The third kappa shape index (κ3) is 5.95. The quantitative estimate of drug-likeness (QED) is 0.361. The minimum Gasteiger partial charge on any atom is -0.470 e. The first-order valence-electron chi connectivity index (χ1n) is 13.3. The molecule has 0 bridgehead atoms. The Bertz CT molecular complexity index is 955. The van der Waals surface area contributed by atoms with Gasteiger partial charge < -0.3 is 9.47 Å². The molecule has 0 N–H and O–H groups in total. The number of fused-ring (bicyclic) bond motifs is 2. The Kier molecular flexibility index (Phi) is 7.87. The molecule has 0 heterocycles. The third-order valence-corrected chi connectivity index (χ3v) is 7.90. The number of hydrogen-bond donors (Lipinski definition) is 0. The van der Waals surface area contributed by atoms with Gasteiger partial charge in [0.1, 0.15) is 0 Å². The van der Waals surface area contributed by atoms with Crippen LogP contribution in [0.4, 0.5) is 0 Å². The minimum absolute atomic E-state index is 0.235. The van der Waals surface area contributed by atoms with Gasteiger partial charge in [-0.1, -0.05) is 89.3 Å². The Morgan fingerprint density at radius 1 is 1.06 bits per heavy atom. The standard InChI is InChI=1S/C32H44O2/c1-22(2)19-31(32(4,5)6)24-15-17-27(18-16-24)34-23(3)33-21-30-28-13-9-7-11-25(28)20-26-12-8-10-14-29(26)30/h7-14,17,20,22-24,28,30-31H,15-16,18-19,21H2,1-6H3. The van der Waals surface area contributed by atoms with Gasteiger partial charge in [0, 0.05) is 18.3 Å². The Hall–Kier alpha value is -2.06. The van der Waals surface area contributed by atoms with Gasteiger partial charge in [0.15, 0.2) is 6.29 Å². The van der Waals surface area contributed by atoms with E-state index in [0.29, 0.717) is 23.9 Å². The molecule has 0 radical (unpaired) electrons. The number of benzene rings is 1. The maximum Gasteiger partial charge on any atom is 0.196 e. The van der Waals surface area contributed by atoms with Crippen molar-refractivity contribution < 1.29 is 9.47 Å². The van der Waals surface area contributed by atoms with Crippen molar-refractivity contribution in [2.45, 2.75) is 79.4 Å². The van der Waals surface area contributed by atoms with Crippen LogP contribution in [0.3, 0.4) is 0 Å². The van der Waals surface area contributed by atoms with Crippen LogP contribution in [0.25, 0.3) is 6.08 Å². The zero-order valence-electron chi connectivity index (χ0n) is 22.1. The van der Waals surface area contributed by atoms with E-state index in [0.717, 1.165) is 36.4 Å². The fourth-order valence-electron chi connectivity index (χ4n) is 6.18. The summed E-state index contributed by atoms with van der Waals surface area (Å²) in [4.78, 5) is 0. The summed E-state index contributed by atoms with van der Waals surface area (Å²) in [6.45, 7) is 14.6. The van der Waals surface area contributed by atoms with Crippen LogP contribution in [0.2, 0.25) is 0 Å².